The van der Waals surface area contributed by atoms with Crippen LogP contribution in [0, 0.1) is 12.7 Å². The zero-order valence-electron chi connectivity index (χ0n) is 16.6. The lowest BCUT2D eigenvalue weighted by Crippen LogP contribution is -2.38. The predicted molar refractivity (Wildman–Crippen MR) is 108 cm³/mol. The molecule has 0 spiro atoms. The van der Waals surface area contributed by atoms with Gasteiger partial charge in [-0.1, -0.05) is 6.07 Å². The number of hydrogen-bond donors (Lipinski definition) is 2. The van der Waals surface area contributed by atoms with Crippen molar-refractivity contribution in [2.45, 2.75) is 33.4 Å². The smallest absolute Gasteiger partial charge is 0.350 e. The van der Waals surface area contributed by atoms with Crippen LogP contribution >= 0.6 is 11.3 Å². The topological polar surface area (TPSA) is 84.8 Å². The van der Waals surface area contributed by atoms with E-state index in [9.17, 15) is 9.18 Å². The van der Waals surface area contributed by atoms with E-state index in [1.54, 1.807) is 33.0 Å². The molecule has 1 aromatic carbocycles. The van der Waals surface area contributed by atoms with Crippen molar-refractivity contribution in [1.82, 2.24) is 15.6 Å². The number of carbonyl (C=O) groups excluding carboxylic acids is 1. The predicted octanol–water partition coefficient (Wildman–Crippen LogP) is 3.20. The quantitative estimate of drug-likeness (QED) is 0.416. The summed E-state index contributed by atoms with van der Waals surface area (Å²) in [7, 11) is 3.07. The number of benzene rings is 1. The third kappa shape index (κ3) is 5.41. The zero-order chi connectivity index (χ0) is 20.7. The van der Waals surface area contributed by atoms with Crippen molar-refractivity contribution in [3.05, 3.63) is 45.2 Å². The number of aromatic nitrogens is 1. The Labute approximate surface area is 168 Å². The number of hydrogen-bond acceptors (Lipinski definition) is 6. The van der Waals surface area contributed by atoms with Crippen LogP contribution in [-0.4, -0.2) is 37.7 Å². The van der Waals surface area contributed by atoms with E-state index < -0.39 is 5.82 Å². The molecule has 1 heterocycles. The van der Waals surface area contributed by atoms with Gasteiger partial charge in [-0.2, -0.15) is 0 Å². The number of thiazole rings is 1. The third-order valence-corrected chi connectivity index (χ3v) is 5.22. The first-order valence-electron chi connectivity index (χ1n) is 8.83. The number of rotatable bonds is 7. The number of aryl methyl sites for hydroxylation is 1. The maximum absolute atomic E-state index is 13.8. The molecule has 0 fully saturated rings. The first-order chi connectivity index (χ1) is 13.4. The molecule has 0 saturated carbocycles. The second kappa shape index (κ2) is 10.0. The van der Waals surface area contributed by atoms with Crippen molar-refractivity contribution >= 4 is 23.3 Å². The molecule has 2 rings (SSSR count). The van der Waals surface area contributed by atoms with Gasteiger partial charge in [0, 0.05) is 13.6 Å². The molecule has 28 heavy (non-hydrogen) atoms. The third-order valence-electron chi connectivity index (χ3n) is 3.90. The lowest BCUT2D eigenvalue weighted by atomic mass is 10.2. The molecule has 0 bridgehead atoms. The van der Waals surface area contributed by atoms with E-state index in [1.165, 1.54) is 24.5 Å². The van der Waals surface area contributed by atoms with Gasteiger partial charge in [0.1, 0.15) is 9.88 Å². The average Bonchev–Trinajstić information content (AvgIpc) is 3.07. The fraction of sp³-hybridized carbons (Fsp3) is 0.421. The van der Waals surface area contributed by atoms with Gasteiger partial charge in [0.25, 0.3) is 0 Å². The Morgan fingerprint density at radius 3 is 2.79 bits per heavy atom. The summed E-state index contributed by atoms with van der Waals surface area (Å²) in [6.45, 7) is 6.18. The maximum atomic E-state index is 13.8. The number of esters is 1. The van der Waals surface area contributed by atoms with Gasteiger partial charge in [-0.3, -0.25) is 4.99 Å². The largest absolute Gasteiger partial charge is 0.494 e. The van der Waals surface area contributed by atoms with Gasteiger partial charge in [-0.25, -0.2) is 14.2 Å². The molecule has 0 aliphatic carbocycles. The minimum Gasteiger partial charge on any atom is -0.494 e. The van der Waals surface area contributed by atoms with Crippen molar-refractivity contribution in [3.63, 3.8) is 0 Å². The van der Waals surface area contributed by atoms with E-state index in [1.807, 2.05) is 6.92 Å². The van der Waals surface area contributed by atoms with Crippen LogP contribution in [0.1, 0.15) is 45.8 Å². The van der Waals surface area contributed by atoms with Gasteiger partial charge < -0.3 is 20.1 Å². The van der Waals surface area contributed by atoms with Gasteiger partial charge >= 0.3 is 5.97 Å². The summed E-state index contributed by atoms with van der Waals surface area (Å²) in [5, 5.41) is 7.10. The van der Waals surface area contributed by atoms with E-state index >= 15 is 0 Å². The van der Waals surface area contributed by atoms with E-state index in [2.05, 4.69) is 20.6 Å². The van der Waals surface area contributed by atoms with Crippen LogP contribution < -0.4 is 15.4 Å². The van der Waals surface area contributed by atoms with Crippen molar-refractivity contribution in [2.75, 3.05) is 20.8 Å². The zero-order valence-corrected chi connectivity index (χ0v) is 17.4. The Bertz CT molecular complexity index is 854. The average molecular weight is 408 g/mol. The molecule has 2 aromatic rings. The van der Waals surface area contributed by atoms with Gasteiger partial charge in [0.2, 0.25) is 0 Å². The first-order valence-corrected chi connectivity index (χ1v) is 9.65. The molecular weight excluding hydrogens is 383 g/mol. The molecule has 0 aliphatic rings. The van der Waals surface area contributed by atoms with E-state index in [4.69, 9.17) is 9.47 Å². The Hall–Kier alpha value is -2.68. The highest BCUT2D eigenvalue weighted by atomic mass is 32.1. The van der Waals surface area contributed by atoms with Gasteiger partial charge in [-0.15, -0.1) is 11.3 Å². The summed E-state index contributed by atoms with van der Waals surface area (Å²) >= 11 is 1.29. The number of halogens is 1. The lowest BCUT2D eigenvalue weighted by molar-refractivity contribution is 0.0531. The van der Waals surface area contributed by atoms with E-state index in [-0.39, 0.29) is 17.8 Å². The summed E-state index contributed by atoms with van der Waals surface area (Å²) in [6.07, 6.45) is 0. The molecular formula is C19H25FN4O3S. The van der Waals surface area contributed by atoms with E-state index in [0.29, 0.717) is 29.7 Å². The molecule has 9 heteroatoms. The summed E-state index contributed by atoms with van der Waals surface area (Å²) in [6, 6.07) is 4.60. The second-order valence-corrected chi connectivity index (χ2v) is 6.98. The molecule has 1 aromatic heterocycles. The number of aliphatic imine (C=N–C) groups is 1. The highest BCUT2D eigenvalue weighted by molar-refractivity contribution is 7.13. The Kier molecular flexibility index (Phi) is 7.74. The van der Waals surface area contributed by atoms with Crippen molar-refractivity contribution in [2.24, 2.45) is 4.99 Å². The summed E-state index contributed by atoms with van der Waals surface area (Å²) in [4.78, 5) is 21.1. The van der Waals surface area contributed by atoms with Crippen LogP contribution in [0.3, 0.4) is 0 Å². The van der Waals surface area contributed by atoms with Gasteiger partial charge in [0.05, 0.1) is 25.5 Å². The van der Waals surface area contributed by atoms with E-state index in [0.717, 1.165) is 10.6 Å². The standard InChI is InChI=1S/C19H25FN4O3S/c1-6-27-18(25)16-11(2)23-17(28-16)12(3)24-19(21-4)22-10-13-7-8-15(26-5)14(20)9-13/h7-9,12H,6,10H2,1-5H3,(H2,21,22,24). The highest BCUT2D eigenvalue weighted by Gasteiger charge is 2.20. The van der Waals surface area contributed by atoms with Crippen LogP contribution in [0.15, 0.2) is 23.2 Å². The monoisotopic (exact) mass is 408 g/mol. The summed E-state index contributed by atoms with van der Waals surface area (Å²) < 4.78 is 23.8. The second-order valence-electron chi connectivity index (χ2n) is 5.95. The molecule has 1 atom stereocenters. The Morgan fingerprint density at radius 2 is 2.18 bits per heavy atom. The minimum absolute atomic E-state index is 0.175. The Morgan fingerprint density at radius 1 is 1.43 bits per heavy atom. The SMILES string of the molecule is CCOC(=O)c1sc(C(C)NC(=NC)NCc2ccc(OC)c(F)c2)nc1C. The Balaban J connectivity index is 2.00. The van der Waals surface area contributed by atoms with Crippen molar-refractivity contribution in [1.29, 1.82) is 0 Å². The fourth-order valence-corrected chi connectivity index (χ4v) is 3.42. The van der Waals surface area contributed by atoms with Crippen LogP contribution in [0.5, 0.6) is 5.75 Å². The number of methoxy groups -OCH3 is 1. The molecule has 0 amide bonds. The fourth-order valence-electron chi connectivity index (χ4n) is 2.46. The lowest BCUT2D eigenvalue weighted by Gasteiger charge is -2.16. The molecule has 0 radical (unpaired) electrons. The molecule has 2 N–H and O–H groups in total. The van der Waals surface area contributed by atoms with Crippen molar-refractivity contribution < 1.29 is 18.7 Å². The first kappa shape index (κ1) is 21.6. The highest BCUT2D eigenvalue weighted by Crippen LogP contribution is 2.24. The maximum Gasteiger partial charge on any atom is 0.350 e. The normalized spacial score (nSPS) is 12.4. The number of guanidine groups is 1. The minimum atomic E-state index is -0.414. The molecule has 0 saturated heterocycles. The number of ether oxygens (including phenoxy) is 2. The van der Waals surface area contributed by atoms with Crippen LogP contribution in [0.2, 0.25) is 0 Å². The molecule has 1 unspecified atom stereocenters. The number of carbonyl (C=O) groups is 1. The van der Waals surface area contributed by atoms with Crippen LogP contribution in [-0.2, 0) is 11.3 Å². The number of nitrogens with zero attached hydrogens (tertiary/aromatic N) is 2. The van der Waals surface area contributed by atoms with Gasteiger partial charge in [0.15, 0.2) is 17.5 Å². The molecule has 0 aliphatic heterocycles. The van der Waals surface area contributed by atoms with Crippen LogP contribution in [0.4, 0.5) is 4.39 Å². The van der Waals surface area contributed by atoms with Crippen molar-refractivity contribution in [3.8, 4) is 5.75 Å². The summed E-state index contributed by atoms with van der Waals surface area (Å²) in [5.41, 5.74) is 1.40. The van der Waals surface area contributed by atoms with Gasteiger partial charge in [-0.05, 0) is 38.5 Å². The molecule has 7 nitrogen and oxygen atoms in total. The van der Waals surface area contributed by atoms with Crippen LogP contribution in [0.25, 0.3) is 0 Å². The summed E-state index contributed by atoms with van der Waals surface area (Å²) in [5.74, 6) is -0.0338. The molecule has 152 valence electrons. The number of nitrogens with one attached hydrogen (secondary N) is 2.